The number of amidine groups is 1. The maximum Gasteiger partial charge on any atom is 0.234 e. The van der Waals surface area contributed by atoms with Crippen LogP contribution in [-0.4, -0.2) is 56.8 Å². The van der Waals surface area contributed by atoms with Crippen molar-refractivity contribution in [1.82, 2.24) is 15.2 Å². The number of halogens is 1. The van der Waals surface area contributed by atoms with Crippen LogP contribution in [-0.2, 0) is 9.59 Å². The third-order valence-corrected chi connectivity index (χ3v) is 7.68. The summed E-state index contributed by atoms with van der Waals surface area (Å²) in [5.41, 5.74) is 6.19. The fraction of sp³-hybridized carbons (Fsp3) is 0.609. The summed E-state index contributed by atoms with van der Waals surface area (Å²) in [4.78, 5) is 30.0. The van der Waals surface area contributed by atoms with Crippen LogP contribution in [0.15, 0.2) is 23.3 Å². The third-order valence-electron chi connectivity index (χ3n) is 6.32. The molecule has 4 unspecified atom stereocenters. The number of hydrazone groups is 1. The molecule has 0 bridgehead atoms. The first-order chi connectivity index (χ1) is 15.2. The highest BCUT2D eigenvalue weighted by Gasteiger charge is 2.52. The first-order valence-electron chi connectivity index (χ1n) is 11.3. The number of thioether (sulfide) groups is 1. The van der Waals surface area contributed by atoms with Gasteiger partial charge in [0.1, 0.15) is 0 Å². The van der Waals surface area contributed by atoms with Gasteiger partial charge < -0.3 is 15.1 Å². The van der Waals surface area contributed by atoms with Crippen molar-refractivity contribution in [2.24, 2.45) is 16.9 Å². The van der Waals surface area contributed by atoms with Crippen LogP contribution in [0.1, 0.15) is 44.2 Å². The Morgan fingerprint density at radius 3 is 2.84 bits per heavy atom. The summed E-state index contributed by atoms with van der Waals surface area (Å²) < 4.78 is 0. The van der Waals surface area contributed by atoms with Crippen LogP contribution < -0.4 is 10.7 Å². The molecule has 0 radical (unpaired) electrons. The molecule has 174 valence electrons. The van der Waals surface area contributed by atoms with Gasteiger partial charge in [-0.2, -0.15) is 5.10 Å². The van der Waals surface area contributed by atoms with Crippen molar-refractivity contribution in [3.63, 3.8) is 0 Å². The van der Waals surface area contributed by atoms with E-state index in [2.05, 4.69) is 40.7 Å². The van der Waals surface area contributed by atoms with E-state index in [9.17, 15) is 9.59 Å². The molecular weight excluding hydrogens is 446 g/mol. The number of nitrogens with one attached hydrogen (secondary N) is 2. The molecule has 2 aliphatic heterocycles. The SMILES string of the molecule is Cc1ccc(NC(=O)CSC2=NNC3N(CC(C)C)C(=O)C4CCC(Cl)CC4N23)c(C)c1. The maximum absolute atomic E-state index is 13.3. The van der Waals surface area contributed by atoms with E-state index in [1.54, 1.807) is 0 Å². The zero-order chi connectivity index (χ0) is 23.0. The Balaban J connectivity index is 1.46. The lowest BCUT2D eigenvalue weighted by Crippen LogP contribution is -2.68. The van der Waals surface area contributed by atoms with E-state index in [1.165, 1.54) is 11.8 Å². The molecule has 1 saturated carbocycles. The van der Waals surface area contributed by atoms with Crippen molar-refractivity contribution in [1.29, 1.82) is 0 Å². The zero-order valence-corrected chi connectivity index (χ0v) is 20.7. The molecule has 1 aliphatic carbocycles. The van der Waals surface area contributed by atoms with Gasteiger partial charge in [0.15, 0.2) is 11.5 Å². The summed E-state index contributed by atoms with van der Waals surface area (Å²) in [6.45, 7) is 8.92. The van der Waals surface area contributed by atoms with Gasteiger partial charge in [-0.1, -0.05) is 43.3 Å². The maximum atomic E-state index is 13.3. The van der Waals surface area contributed by atoms with Crippen LogP contribution in [0.2, 0.25) is 0 Å². The Kier molecular flexibility index (Phi) is 6.91. The van der Waals surface area contributed by atoms with Crippen LogP contribution in [0.4, 0.5) is 5.69 Å². The third kappa shape index (κ3) is 4.71. The average molecular weight is 478 g/mol. The van der Waals surface area contributed by atoms with Gasteiger partial charge in [-0.15, -0.1) is 11.6 Å². The molecule has 9 heteroatoms. The van der Waals surface area contributed by atoms with Gasteiger partial charge in [-0.05, 0) is 50.7 Å². The van der Waals surface area contributed by atoms with Crippen molar-refractivity contribution in [3.8, 4) is 0 Å². The van der Waals surface area contributed by atoms with Gasteiger partial charge in [0, 0.05) is 23.7 Å². The summed E-state index contributed by atoms with van der Waals surface area (Å²) in [6.07, 6.45) is 2.09. The Labute approximate surface area is 199 Å². The first-order valence-corrected chi connectivity index (χ1v) is 12.7. The zero-order valence-electron chi connectivity index (χ0n) is 19.1. The molecule has 0 aromatic heterocycles. The number of benzene rings is 1. The molecule has 3 aliphatic rings. The molecule has 2 fully saturated rings. The summed E-state index contributed by atoms with van der Waals surface area (Å²) in [5, 5.41) is 8.35. The lowest BCUT2D eigenvalue weighted by Gasteiger charge is -2.51. The highest BCUT2D eigenvalue weighted by molar-refractivity contribution is 8.14. The Morgan fingerprint density at radius 1 is 1.34 bits per heavy atom. The van der Waals surface area contributed by atoms with Crippen LogP contribution >= 0.6 is 23.4 Å². The summed E-state index contributed by atoms with van der Waals surface area (Å²) >= 11 is 7.91. The molecule has 1 aromatic rings. The first kappa shape index (κ1) is 23.2. The van der Waals surface area contributed by atoms with Crippen LogP contribution in [0.25, 0.3) is 0 Å². The van der Waals surface area contributed by atoms with E-state index in [-0.39, 0.29) is 41.2 Å². The van der Waals surface area contributed by atoms with Crippen molar-refractivity contribution < 1.29 is 9.59 Å². The van der Waals surface area contributed by atoms with Gasteiger partial charge in [0.25, 0.3) is 0 Å². The van der Waals surface area contributed by atoms with Gasteiger partial charge in [0.2, 0.25) is 11.8 Å². The summed E-state index contributed by atoms with van der Waals surface area (Å²) in [5.74, 6) is 0.640. The molecule has 2 N–H and O–H groups in total. The molecule has 32 heavy (non-hydrogen) atoms. The predicted octanol–water partition coefficient (Wildman–Crippen LogP) is 3.71. The number of carbonyl (C=O) groups excluding carboxylic acids is 2. The molecule has 2 amide bonds. The topological polar surface area (TPSA) is 77.0 Å². The van der Waals surface area contributed by atoms with E-state index in [4.69, 9.17) is 11.6 Å². The van der Waals surface area contributed by atoms with Crippen LogP contribution in [0.5, 0.6) is 0 Å². The number of alkyl halides is 1. The Morgan fingerprint density at radius 2 is 2.12 bits per heavy atom. The fourth-order valence-corrected chi connectivity index (χ4v) is 6.01. The van der Waals surface area contributed by atoms with Gasteiger partial charge in [-0.3, -0.25) is 15.0 Å². The number of carbonyl (C=O) groups is 2. The molecule has 2 heterocycles. The molecule has 7 nitrogen and oxygen atoms in total. The molecule has 4 atom stereocenters. The Bertz CT molecular complexity index is 924. The number of anilines is 1. The van der Waals surface area contributed by atoms with Gasteiger partial charge >= 0.3 is 0 Å². The number of aryl methyl sites for hydroxylation is 2. The highest BCUT2D eigenvalue weighted by atomic mass is 35.5. The van der Waals surface area contributed by atoms with E-state index in [0.717, 1.165) is 41.2 Å². The van der Waals surface area contributed by atoms with E-state index >= 15 is 0 Å². The number of nitrogens with zero attached hydrogens (tertiary/aromatic N) is 3. The van der Waals surface area contributed by atoms with E-state index in [0.29, 0.717) is 12.5 Å². The number of hydrogen-bond donors (Lipinski definition) is 2. The lowest BCUT2D eigenvalue weighted by atomic mass is 9.80. The minimum Gasteiger partial charge on any atom is -0.325 e. The standard InChI is InChI=1S/C23H32ClN5O2S/c1-13(2)11-28-21(31)17-7-6-16(24)10-19(17)29-22(28)26-27-23(29)32-12-20(30)25-18-8-5-14(3)9-15(18)4/h5,8-9,13,16-17,19,22,26H,6-7,10-12H2,1-4H3,(H,25,30). The van der Waals surface area contributed by atoms with Gasteiger partial charge in [0.05, 0.1) is 11.7 Å². The van der Waals surface area contributed by atoms with Gasteiger partial charge in [-0.25, -0.2) is 0 Å². The second-order valence-electron chi connectivity index (χ2n) is 9.43. The fourth-order valence-electron chi connectivity index (χ4n) is 4.87. The van der Waals surface area contributed by atoms with Crippen molar-refractivity contribution >= 4 is 46.0 Å². The number of rotatable bonds is 5. The minimum absolute atomic E-state index is 0.0100. The number of fused-ring (bicyclic) bond motifs is 3. The molecule has 4 rings (SSSR count). The second kappa shape index (κ2) is 9.51. The highest BCUT2D eigenvalue weighted by Crippen LogP contribution is 2.40. The largest absolute Gasteiger partial charge is 0.325 e. The van der Waals surface area contributed by atoms with Crippen molar-refractivity contribution in [2.45, 2.75) is 64.7 Å². The monoisotopic (exact) mass is 477 g/mol. The molecule has 1 saturated heterocycles. The molecule has 0 spiro atoms. The van der Waals surface area contributed by atoms with E-state index in [1.807, 2.05) is 30.9 Å². The summed E-state index contributed by atoms with van der Waals surface area (Å²) in [7, 11) is 0. The average Bonchev–Trinajstić information content (AvgIpc) is 3.15. The van der Waals surface area contributed by atoms with Crippen molar-refractivity contribution in [2.75, 3.05) is 17.6 Å². The minimum atomic E-state index is -0.307. The van der Waals surface area contributed by atoms with Crippen LogP contribution in [0.3, 0.4) is 0 Å². The Hall–Kier alpha value is -1.93. The lowest BCUT2D eigenvalue weighted by molar-refractivity contribution is -0.156. The molecular formula is C23H32ClN5O2S. The summed E-state index contributed by atoms with van der Waals surface area (Å²) in [6, 6.07) is 5.99. The smallest absolute Gasteiger partial charge is 0.234 e. The normalized spacial score (nSPS) is 27.1. The number of hydrogen-bond acceptors (Lipinski definition) is 6. The predicted molar refractivity (Wildman–Crippen MR) is 131 cm³/mol. The van der Waals surface area contributed by atoms with E-state index < -0.39 is 0 Å². The quantitative estimate of drug-likeness (QED) is 0.632. The van der Waals surface area contributed by atoms with Crippen molar-refractivity contribution in [3.05, 3.63) is 29.3 Å². The number of amides is 2. The second-order valence-corrected chi connectivity index (χ2v) is 11.0. The molecule has 1 aromatic carbocycles. The van der Waals surface area contributed by atoms with Crippen LogP contribution in [0, 0.1) is 25.7 Å².